The monoisotopic (exact) mass is 574 g/mol. The zero-order valence-electron chi connectivity index (χ0n) is 20.2. The third-order valence-corrected chi connectivity index (χ3v) is 7.48. The highest BCUT2D eigenvalue weighted by Crippen LogP contribution is 2.35. The predicted molar refractivity (Wildman–Crippen MR) is 148 cm³/mol. The molecule has 0 fully saturated rings. The fraction of sp³-hybridized carbons (Fsp3) is 0.138. The molecule has 0 N–H and O–H groups in total. The van der Waals surface area contributed by atoms with E-state index in [2.05, 4.69) is 15.9 Å². The Morgan fingerprint density at radius 1 is 1.05 bits per heavy atom. The Labute approximate surface area is 226 Å². The minimum Gasteiger partial charge on any atom is -0.497 e. The first kappa shape index (κ1) is 24.9. The number of hydrogen-bond acceptors (Lipinski definition) is 6. The van der Waals surface area contributed by atoms with Crippen LogP contribution in [-0.4, -0.2) is 24.3 Å². The number of halogens is 1. The maximum Gasteiger partial charge on any atom is 0.338 e. The minimum absolute atomic E-state index is 0.202. The first-order valence-corrected chi connectivity index (χ1v) is 13.3. The molecule has 6 nitrogen and oxygen atoms in total. The van der Waals surface area contributed by atoms with Crippen LogP contribution in [0.15, 0.2) is 98.7 Å². The van der Waals surface area contributed by atoms with Gasteiger partial charge in [-0.2, -0.15) is 0 Å². The molecule has 0 aliphatic carbocycles. The Bertz CT molecular complexity index is 1650. The number of fused-ring (bicyclic) bond motifs is 1. The zero-order valence-corrected chi connectivity index (χ0v) is 22.6. The predicted octanol–water partition coefficient (Wildman–Crippen LogP) is 4.71. The molecule has 37 heavy (non-hydrogen) atoms. The van der Waals surface area contributed by atoms with E-state index < -0.39 is 12.0 Å². The van der Waals surface area contributed by atoms with Gasteiger partial charge in [-0.1, -0.05) is 81.9 Å². The van der Waals surface area contributed by atoms with Crippen molar-refractivity contribution < 1.29 is 14.3 Å². The van der Waals surface area contributed by atoms with Crippen LogP contribution in [0.2, 0.25) is 0 Å². The van der Waals surface area contributed by atoms with Crippen LogP contribution in [0, 0.1) is 0 Å². The number of esters is 1. The molecule has 1 atom stereocenters. The number of hydrogen-bond donors (Lipinski definition) is 0. The van der Waals surface area contributed by atoms with Crippen LogP contribution in [-0.2, 0) is 9.53 Å². The zero-order chi connectivity index (χ0) is 25.9. The van der Waals surface area contributed by atoms with E-state index in [9.17, 15) is 9.59 Å². The molecule has 0 saturated carbocycles. The lowest BCUT2D eigenvalue weighted by atomic mass is 9.93. The van der Waals surface area contributed by atoms with Crippen molar-refractivity contribution in [1.29, 1.82) is 0 Å². The Hall–Kier alpha value is -3.75. The number of carbonyl (C=O) groups is 1. The Morgan fingerprint density at radius 3 is 2.41 bits per heavy atom. The molecular formula is C29H23BrN2O4S. The fourth-order valence-corrected chi connectivity index (χ4v) is 5.52. The van der Waals surface area contributed by atoms with Crippen LogP contribution < -0.4 is 19.6 Å². The van der Waals surface area contributed by atoms with Crippen LogP contribution in [0.5, 0.6) is 5.75 Å². The molecule has 1 aromatic heterocycles. The van der Waals surface area contributed by atoms with Crippen LogP contribution in [0.3, 0.4) is 0 Å². The van der Waals surface area contributed by atoms with E-state index in [1.54, 1.807) is 18.6 Å². The third kappa shape index (κ3) is 4.95. The van der Waals surface area contributed by atoms with Crippen LogP contribution in [0.25, 0.3) is 11.8 Å². The van der Waals surface area contributed by atoms with Crippen molar-refractivity contribution in [3.63, 3.8) is 0 Å². The minimum atomic E-state index is -0.719. The second-order valence-corrected chi connectivity index (χ2v) is 10.2. The van der Waals surface area contributed by atoms with Gasteiger partial charge in [-0.25, -0.2) is 9.79 Å². The molecule has 0 spiro atoms. The maximum absolute atomic E-state index is 13.8. The van der Waals surface area contributed by atoms with Crippen molar-refractivity contribution in [3.8, 4) is 5.75 Å². The van der Waals surface area contributed by atoms with E-state index in [1.807, 2.05) is 84.9 Å². The molecule has 0 unspecified atom stereocenters. The Balaban J connectivity index is 1.81. The summed E-state index contributed by atoms with van der Waals surface area (Å²) in [4.78, 5) is 32.7. The van der Waals surface area contributed by atoms with Crippen molar-refractivity contribution >= 4 is 45.0 Å². The molecule has 1 aliphatic rings. The maximum atomic E-state index is 13.8. The number of aromatic nitrogens is 1. The van der Waals surface area contributed by atoms with Gasteiger partial charge >= 0.3 is 5.97 Å². The lowest BCUT2D eigenvalue weighted by Crippen LogP contribution is -2.40. The molecule has 186 valence electrons. The number of methoxy groups -OCH3 is 1. The molecule has 3 aromatic carbocycles. The van der Waals surface area contributed by atoms with Crippen molar-refractivity contribution in [2.75, 3.05) is 13.7 Å². The van der Waals surface area contributed by atoms with Crippen LogP contribution in [0.1, 0.15) is 29.7 Å². The van der Waals surface area contributed by atoms with E-state index in [0.717, 1.165) is 21.2 Å². The summed E-state index contributed by atoms with van der Waals surface area (Å²) in [5.41, 5.74) is 3.01. The van der Waals surface area contributed by atoms with Gasteiger partial charge in [0, 0.05) is 10.0 Å². The van der Waals surface area contributed by atoms with Gasteiger partial charge in [0.15, 0.2) is 4.80 Å². The van der Waals surface area contributed by atoms with Gasteiger partial charge in [0.05, 0.1) is 35.6 Å². The number of rotatable bonds is 6. The second kappa shape index (κ2) is 10.7. The van der Waals surface area contributed by atoms with Crippen molar-refractivity contribution in [2.45, 2.75) is 13.0 Å². The standard InChI is InChI=1S/C29H23BrN2O4S/c1-3-36-28(34)24-25(19-7-5-4-6-8-19)31-29-32(26(24)20-11-15-22(35-2)16-12-20)27(33)23(37-29)17-18-9-13-21(30)14-10-18/h4-17,26H,3H2,1-2H3/b23-17-/t26-/m0/s1. The van der Waals surface area contributed by atoms with Crippen molar-refractivity contribution in [3.05, 3.63) is 125 Å². The van der Waals surface area contributed by atoms with Gasteiger partial charge in [0.25, 0.3) is 5.56 Å². The molecule has 0 amide bonds. The quantitative estimate of drug-likeness (QED) is 0.313. The summed E-state index contributed by atoms with van der Waals surface area (Å²) in [5.74, 6) is 0.171. The highest BCUT2D eigenvalue weighted by molar-refractivity contribution is 9.10. The average Bonchev–Trinajstić information content (AvgIpc) is 3.24. The molecule has 1 aliphatic heterocycles. The van der Waals surface area contributed by atoms with Crippen molar-refractivity contribution in [1.82, 2.24) is 4.57 Å². The second-order valence-electron chi connectivity index (χ2n) is 8.26. The summed E-state index contributed by atoms with van der Waals surface area (Å²) < 4.78 is 13.9. The number of ether oxygens (including phenoxy) is 2. The number of benzene rings is 3. The highest BCUT2D eigenvalue weighted by atomic mass is 79.9. The Morgan fingerprint density at radius 2 is 1.76 bits per heavy atom. The van der Waals surface area contributed by atoms with E-state index in [4.69, 9.17) is 14.5 Å². The van der Waals surface area contributed by atoms with Gasteiger partial charge < -0.3 is 9.47 Å². The first-order valence-electron chi connectivity index (χ1n) is 11.7. The SMILES string of the molecule is CCOC(=O)C1=C(c2ccccc2)N=c2s/c(=C\c3ccc(Br)cc3)c(=O)n2[C@H]1c1ccc(OC)cc1. The molecule has 4 aromatic rings. The first-order chi connectivity index (χ1) is 18.0. The third-order valence-electron chi connectivity index (χ3n) is 5.97. The number of thiazole rings is 1. The van der Waals surface area contributed by atoms with E-state index in [-0.39, 0.29) is 12.2 Å². The van der Waals surface area contributed by atoms with E-state index in [0.29, 0.717) is 26.4 Å². The highest BCUT2D eigenvalue weighted by Gasteiger charge is 2.35. The summed E-state index contributed by atoms with van der Waals surface area (Å²) in [5, 5.41) is 0. The van der Waals surface area contributed by atoms with E-state index in [1.165, 1.54) is 11.3 Å². The summed E-state index contributed by atoms with van der Waals surface area (Å²) in [7, 11) is 1.59. The fourth-order valence-electron chi connectivity index (χ4n) is 4.25. The van der Waals surface area contributed by atoms with Crippen LogP contribution in [0.4, 0.5) is 0 Å². The molecule has 0 radical (unpaired) electrons. The lowest BCUT2D eigenvalue weighted by Gasteiger charge is -2.26. The van der Waals surface area contributed by atoms with Gasteiger partial charge in [-0.05, 0) is 48.4 Å². The number of nitrogens with zero attached hydrogens (tertiary/aromatic N) is 2. The molecule has 5 rings (SSSR count). The average molecular weight is 575 g/mol. The van der Waals surface area contributed by atoms with E-state index >= 15 is 0 Å². The lowest BCUT2D eigenvalue weighted by molar-refractivity contribution is -0.138. The molecule has 2 heterocycles. The van der Waals surface area contributed by atoms with Gasteiger partial charge in [-0.3, -0.25) is 9.36 Å². The summed E-state index contributed by atoms with van der Waals surface area (Å²) in [6.45, 7) is 1.96. The molecular weight excluding hydrogens is 552 g/mol. The van der Waals surface area contributed by atoms with Crippen LogP contribution >= 0.6 is 27.3 Å². The van der Waals surface area contributed by atoms with Gasteiger partial charge in [0.1, 0.15) is 5.75 Å². The summed E-state index contributed by atoms with van der Waals surface area (Å²) >= 11 is 4.75. The topological polar surface area (TPSA) is 69.9 Å². The summed E-state index contributed by atoms with van der Waals surface area (Å²) in [6, 6.07) is 23.9. The molecule has 0 saturated heterocycles. The smallest absolute Gasteiger partial charge is 0.338 e. The Kier molecular flexibility index (Phi) is 7.21. The molecule has 0 bridgehead atoms. The van der Waals surface area contributed by atoms with Crippen molar-refractivity contribution in [2.24, 2.45) is 4.99 Å². The molecule has 8 heteroatoms. The normalized spacial score (nSPS) is 15.2. The number of carbonyl (C=O) groups excluding carboxylic acids is 1. The largest absolute Gasteiger partial charge is 0.497 e. The van der Waals surface area contributed by atoms with Gasteiger partial charge in [0.2, 0.25) is 0 Å². The van der Waals surface area contributed by atoms with Gasteiger partial charge in [-0.15, -0.1) is 0 Å². The summed E-state index contributed by atoms with van der Waals surface area (Å²) in [6.07, 6.45) is 1.84.